The van der Waals surface area contributed by atoms with E-state index in [2.05, 4.69) is 4.98 Å². The summed E-state index contributed by atoms with van der Waals surface area (Å²) < 4.78 is 57.8. The second kappa shape index (κ2) is 9.13. The molecule has 2 aromatic carbocycles. The number of rotatable bonds is 7. The molecule has 0 amide bonds. The predicted molar refractivity (Wildman–Crippen MR) is 108 cm³/mol. The molecule has 0 aliphatic heterocycles. The third-order valence-electron chi connectivity index (χ3n) is 4.71. The van der Waals surface area contributed by atoms with Gasteiger partial charge in [0.1, 0.15) is 11.6 Å². The first-order valence-electron chi connectivity index (χ1n) is 9.32. The van der Waals surface area contributed by atoms with Gasteiger partial charge in [-0.15, -0.1) is 11.8 Å². The van der Waals surface area contributed by atoms with Gasteiger partial charge in [-0.1, -0.05) is 6.07 Å². The van der Waals surface area contributed by atoms with Crippen LogP contribution in [-0.4, -0.2) is 16.1 Å². The average molecular weight is 453 g/mol. The summed E-state index contributed by atoms with van der Waals surface area (Å²) in [5, 5.41) is 8.88. The number of aromatic nitrogens is 1. The Bertz CT molecular complexity index is 1110. The van der Waals surface area contributed by atoms with E-state index in [-0.39, 0.29) is 17.9 Å². The Balaban J connectivity index is 1.75. The fourth-order valence-electron chi connectivity index (χ4n) is 2.96. The number of carbonyl (C=O) groups is 1. The SMILES string of the molecule is Cc1ccc(SCc2oc(-c3ccc(C(F)(F)F)c(F)c3)nc2C)cc1CCC(=O)O. The van der Waals surface area contributed by atoms with E-state index >= 15 is 0 Å². The smallest absolute Gasteiger partial charge is 0.419 e. The van der Waals surface area contributed by atoms with Crippen molar-refractivity contribution in [3.05, 3.63) is 70.4 Å². The lowest BCUT2D eigenvalue weighted by Crippen LogP contribution is -2.07. The summed E-state index contributed by atoms with van der Waals surface area (Å²) in [6.07, 6.45) is -4.29. The summed E-state index contributed by atoms with van der Waals surface area (Å²) in [4.78, 5) is 16.0. The molecule has 0 spiro atoms. The highest BCUT2D eigenvalue weighted by atomic mass is 32.2. The van der Waals surface area contributed by atoms with Crippen LogP contribution in [0.3, 0.4) is 0 Å². The lowest BCUT2D eigenvalue weighted by molar-refractivity contribution is -0.140. The van der Waals surface area contributed by atoms with Crippen LogP contribution in [0.1, 0.15) is 34.6 Å². The molecule has 164 valence electrons. The zero-order chi connectivity index (χ0) is 22.8. The molecule has 9 heteroatoms. The summed E-state index contributed by atoms with van der Waals surface area (Å²) >= 11 is 1.46. The molecule has 0 unspecified atom stereocenters. The van der Waals surface area contributed by atoms with Gasteiger partial charge in [0.05, 0.1) is 17.0 Å². The van der Waals surface area contributed by atoms with Crippen molar-refractivity contribution in [2.24, 2.45) is 0 Å². The van der Waals surface area contributed by atoms with E-state index in [9.17, 15) is 22.4 Å². The van der Waals surface area contributed by atoms with Gasteiger partial charge < -0.3 is 9.52 Å². The van der Waals surface area contributed by atoms with Crippen LogP contribution in [-0.2, 0) is 23.1 Å². The Morgan fingerprint density at radius 2 is 1.90 bits per heavy atom. The Morgan fingerprint density at radius 1 is 1.16 bits per heavy atom. The number of aryl methyl sites for hydroxylation is 3. The fourth-order valence-corrected chi connectivity index (χ4v) is 3.92. The van der Waals surface area contributed by atoms with E-state index in [1.54, 1.807) is 6.92 Å². The highest BCUT2D eigenvalue weighted by molar-refractivity contribution is 7.98. The highest BCUT2D eigenvalue weighted by Gasteiger charge is 2.34. The molecule has 1 N–H and O–H groups in total. The van der Waals surface area contributed by atoms with Crippen LogP contribution in [0.15, 0.2) is 45.7 Å². The number of benzene rings is 2. The number of carboxylic acids is 1. The first-order valence-corrected chi connectivity index (χ1v) is 10.3. The van der Waals surface area contributed by atoms with Gasteiger partial charge in [-0.2, -0.15) is 13.2 Å². The summed E-state index contributed by atoms with van der Waals surface area (Å²) in [5.41, 5.74) is 1.29. The van der Waals surface area contributed by atoms with Crippen LogP contribution in [0.25, 0.3) is 11.5 Å². The normalized spacial score (nSPS) is 11.7. The van der Waals surface area contributed by atoms with Gasteiger partial charge in [-0.25, -0.2) is 9.37 Å². The molecule has 0 atom stereocenters. The van der Waals surface area contributed by atoms with E-state index < -0.39 is 23.5 Å². The Morgan fingerprint density at radius 3 is 2.55 bits per heavy atom. The number of alkyl halides is 3. The maximum absolute atomic E-state index is 13.9. The van der Waals surface area contributed by atoms with Crippen LogP contribution in [0, 0.1) is 19.7 Å². The molecule has 0 aliphatic rings. The molecule has 1 aromatic heterocycles. The van der Waals surface area contributed by atoms with Crippen LogP contribution >= 0.6 is 11.8 Å². The molecule has 1 heterocycles. The Kier molecular flexibility index (Phi) is 6.74. The van der Waals surface area contributed by atoms with Gasteiger partial charge in [0, 0.05) is 16.9 Å². The fraction of sp³-hybridized carbons (Fsp3) is 0.273. The number of aliphatic carboxylic acids is 1. The van der Waals surface area contributed by atoms with E-state index in [1.165, 1.54) is 11.8 Å². The molecule has 0 saturated heterocycles. The highest BCUT2D eigenvalue weighted by Crippen LogP contribution is 2.34. The van der Waals surface area contributed by atoms with Gasteiger partial charge in [-0.3, -0.25) is 4.79 Å². The van der Waals surface area contributed by atoms with Crippen LogP contribution in [0.4, 0.5) is 17.6 Å². The molecule has 0 bridgehead atoms. The number of hydrogen-bond acceptors (Lipinski definition) is 4. The minimum Gasteiger partial charge on any atom is -0.481 e. The largest absolute Gasteiger partial charge is 0.481 e. The van der Waals surface area contributed by atoms with Gasteiger partial charge in [0.2, 0.25) is 5.89 Å². The topological polar surface area (TPSA) is 63.3 Å². The number of oxazole rings is 1. The summed E-state index contributed by atoms with van der Waals surface area (Å²) in [7, 11) is 0. The van der Waals surface area contributed by atoms with E-state index in [0.717, 1.165) is 28.2 Å². The number of halogens is 4. The van der Waals surface area contributed by atoms with Crippen molar-refractivity contribution in [2.45, 2.75) is 43.5 Å². The standard InChI is InChI=1S/C22H19F4NO3S/c1-12-3-6-16(9-14(12)5-8-20(28)29)31-11-19-13(2)27-21(30-19)15-4-7-17(18(23)10-15)22(24,25)26/h3-4,6-7,9-10H,5,8,11H2,1-2H3,(H,28,29). The van der Waals surface area contributed by atoms with Crippen molar-refractivity contribution in [1.82, 2.24) is 4.98 Å². The summed E-state index contributed by atoms with van der Waals surface area (Å²) in [5.74, 6) is -1.27. The molecule has 0 fully saturated rings. The zero-order valence-corrected chi connectivity index (χ0v) is 17.5. The maximum Gasteiger partial charge on any atom is 0.419 e. The van der Waals surface area contributed by atoms with Gasteiger partial charge in [0.25, 0.3) is 0 Å². The predicted octanol–water partition coefficient (Wildman–Crippen LogP) is 6.43. The molecule has 3 rings (SSSR count). The second-order valence-corrected chi connectivity index (χ2v) is 8.04. The van der Waals surface area contributed by atoms with Crippen molar-refractivity contribution in [1.29, 1.82) is 0 Å². The number of nitrogens with zero attached hydrogens (tertiary/aromatic N) is 1. The maximum atomic E-state index is 13.9. The Hall–Kier alpha value is -2.81. The lowest BCUT2D eigenvalue weighted by Gasteiger charge is -2.08. The van der Waals surface area contributed by atoms with Gasteiger partial charge in [-0.05, 0) is 61.7 Å². The molecule has 31 heavy (non-hydrogen) atoms. The summed E-state index contributed by atoms with van der Waals surface area (Å²) in [6.45, 7) is 3.62. The van der Waals surface area contributed by atoms with E-state index in [0.29, 0.717) is 29.7 Å². The minimum atomic E-state index is -4.77. The molecule has 0 saturated carbocycles. The van der Waals surface area contributed by atoms with Crippen molar-refractivity contribution >= 4 is 17.7 Å². The number of thioether (sulfide) groups is 1. The first-order chi connectivity index (χ1) is 14.5. The molecule has 0 aliphatic carbocycles. The minimum absolute atomic E-state index is 0.0449. The third-order valence-corrected chi connectivity index (χ3v) is 5.71. The van der Waals surface area contributed by atoms with Gasteiger partial charge in [0.15, 0.2) is 0 Å². The molecule has 3 aromatic rings. The Labute approximate surface area is 180 Å². The van der Waals surface area contributed by atoms with Crippen LogP contribution in [0.2, 0.25) is 0 Å². The monoisotopic (exact) mass is 453 g/mol. The number of carboxylic acid groups (broad SMARTS) is 1. The third kappa shape index (κ3) is 5.66. The van der Waals surface area contributed by atoms with Crippen molar-refractivity contribution < 1.29 is 31.9 Å². The molecule has 4 nitrogen and oxygen atoms in total. The average Bonchev–Trinajstić information content (AvgIpc) is 3.06. The van der Waals surface area contributed by atoms with Gasteiger partial charge >= 0.3 is 12.1 Å². The first kappa shape index (κ1) is 22.9. The zero-order valence-electron chi connectivity index (χ0n) is 16.7. The lowest BCUT2D eigenvalue weighted by atomic mass is 10.0. The molecular formula is C22H19F4NO3S. The van der Waals surface area contributed by atoms with Crippen LogP contribution in [0.5, 0.6) is 0 Å². The van der Waals surface area contributed by atoms with Crippen molar-refractivity contribution in [3.63, 3.8) is 0 Å². The van der Waals surface area contributed by atoms with Crippen molar-refractivity contribution in [3.8, 4) is 11.5 Å². The van der Waals surface area contributed by atoms with Crippen molar-refractivity contribution in [2.75, 3.05) is 0 Å². The quantitative estimate of drug-likeness (QED) is 0.330. The molecule has 0 radical (unpaired) electrons. The van der Waals surface area contributed by atoms with E-state index in [1.807, 2.05) is 25.1 Å². The summed E-state index contributed by atoms with van der Waals surface area (Å²) in [6, 6.07) is 8.33. The number of hydrogen-bond donors (Lipinski definition) is 1. The van der Waals surface area contributed by atoms with Crippen LogP contribution < -0.4 is 0 Å². The molecular weight excluding hydrogens is 434 g/mol. The van der Waals surface area contributed by atoms with E-state index in [4.69, 9.17) is 9.52 Å². The second-order valence-electron chi connectivity index (χ2n) is 6.99.